The lowest BCUT2D eigenvalue weighted by Crippen LogP contribution is -1.94. The van der Waals surface area contributed by atoms with Crippen LogP contribution in [0.3, 0.4) is 0 Å². The predicted octanol–water partition coefficient (Wildman–Crippen LogP) is 3.10. The molecule has 0 aliphatic carbocycles. The largest absolute Gasteiger partial charge is 0.276 e. The van der Waals surface area contributed by atoms with Crippen molar-refractivity contribution >= 4 is 29.3 Å². The second-order valence-electron chi connectivity index (χ2n) is 2.52. The van der Waals surface area contributed by atoms with E-state index in [-0.39, 0.29) is 17.6 Å². The number of carbonyl (C=O) groups is 1. The minimum absolute atomic E-state index is 0. The molecule has 0 saturated heterocycles. The molecule has 0 spiro atoms. The van der Waals surface area contributed by atoms with E-state index in [1.165, 1.54) is 0 Å². The van der Waals surface area contributed by atoms with Crippen LogP contribution in [-0.4, -0.2) is 5.24 Å². The van der Waals surface area contributed by atoms with Crippen molar-refractivity contribution in [1.82, 2.24) is 0 Å². The van der Waals surface area contributed by atoms with Crippen LogP contribution in [-0.2, 0) is 0 Å². The fraction of sp³-hybridized carbons (Fsp3) is 0.222. The van der Waals surface area contributed by atoms with Gasteiger partial charge in [0.1, 0.15) is 0 Å². The molecule has 0 heterocycles. The topological polar surface area (TPSA) is 17.1 Å². The molecule has 0 atom stereocenters. The van der Waals surface area contributed by atoms with Crippen molar-refractivity contribution in [3.63, 3.8) is 0 Å². The van der Waals surface area contributed by atoms with Crippen LogP contribution in [0.2, 0.25) is 0 Å². The number of carbonyl (C=O) groups excluding carboxylic acids is 1. The van der Waals surface area contributed by atoms with E-state index in [1.54, 1.807) is 6.07 Å². The quantitative estimate of drug-likeness (QED) is 0.643. The molecule has 0 aliphatic heterocycles. The van der Waals surface area contributed by atoms with Crippen LogP contribution in [0.1, 0.15) is 21.5 Å². The summed E-state index contributed by atoms with van der Waals surface area (Å²) in [6.07, 6.45) is 0. The molecule has 0 N–H and O–H groups in total. The zero-order valence-electron chi connectivity index (χ0n) is 6.93. The maximum absolute atomic E-state index is 10.8. The highest BCUT2D eigenvalue weighted by Gasteiger charge is 2.05. The molecule has 0 unspecified atom stereocenters. The van der Waals surface area contributed by atoms with Crippen LogP contribution in [0.15, 0.2) is 18.2 Å². The Bertz CT molecular complexity index is 295. The molecule has 1 aromatic carbocycles. The lowest BCUT2D eigenvalue weighted by Gasteiger charge is -2.02. The van der Waals surface area contributed by atoms with Crippen molar-refractivity contribution in [3.8, 4) is 0 Å². The minimum atomic E-state index is -0.383. The molecule has 0 bridgehead atoms. The first-order chi connectivity index (χ1) is 5.13. The summed E-state index contributed by atoms with van der Waals surface area (Å²) < 4.78 is 0. The Labute approximate surface area is 83.1 Å². The first-order valence-electron chi connectivity index (χ1n) is 3.39. The van der Waals surface area contributed by atoms with Crippen molar-refractivity contribution in [2.75, 3.05) is 0 Å². The first kappa shape index (κ1) is 11.5. The molecule has 1 aromatic rings. The number of halogens is 2. The van der Waals surface area contributed by atoms with Gasteiger partial charge in [-0.25, -0.2) is 0 Å². The van der Waals surface area contributed by atoms with Gasteiger partial charge in [0.15, 0.2) is 0 Å². The number of benzene rings is 1. The second kappa shape index (κ2) is 4.48. The van der Waals surface area contributed by atoms with Gasteiger partial charge in [0.05, 0.1) is 0 Å². The Kier molecular flexibility index (Phi) is 4.29. The highest BCUT2D eigenvalue weighted by Crippen LogP contribution is 2.14. The Morgan fingerprint density at radius 3 is 2.33 bits per heavy atom. The van der Waals surface area contributed by atoms with Gasteiger partial charge in [-0.05, 0) is 42.6 Å². The summed E-state index contributed by atoms with van der Waals surface area (Å²) in [5.74, 6) is 0. The number of aryl methyl sites for hydroxylation is 1. The van der Waals surface area contributed by atoms with Gasteiger partial charge in [-0.2, -0.15) is 0 Å². The third-order valence-electron chi connectivity index (χ3n) is 1.82. The molecular formula is C9H10Cl2O. The van der Waals surface area contributed by atoms with Gasteiger partial charge in [0.2, 0.25) is 0 Å². The fourth-order valence-corrected chi connectivity index (χ4v) is 1.17. The zero-order valence-corrected chi connectivity index (χ0v) is 8.50. The summed E-state index contributed by atoms with van der Waals surface area (Å²) in [6, 6.07) is 5.52. The molecule has 0 fully saturated rings. The maximum Gasteiger partial charge on any atom is 0.252 e. The third-order valence-corrected chi connectivity index (χ3v) is 2.02. The molecule has 0 amide bonds. The van der Waals surface area contributed by atoms with E-state index in [1.807, 2.05) is 26.0 Å². The fourth-order valence-electron chi connectivity index (χ4n) is 0.964. The van der Waals surface area contributed by atoms with Gasteiger partial charge in [0.25, 0.3) is 5.24 Å². The van der Waals surface area contributed by atoms with Crippen LogP contribution >= 0.6 is 24.0 Å². The zero-order chi connectivity index (χ0) is 8.43. The van der Waals surface area contributed by atoms with Crippen molar-refractivity contribution < 1.29 is 4.79 Å². The van der Waals surface area contributed by atoms with E-state index >= 15 is 0 Å². The van der Waals surface area contributed by atoms with Crippen LogP contribution < -0.4 is 0 Å². The lowest BCUT2D eigenvalue weighted by atomic mass is 10.0. The molecule has 3 heteroatoms. The molecule has 12 heavy (non-hydrogen) atoms. The van der Waals surface area contributed by atoms with Crippen molar-refractivity contribution in [3.05, 3.63) is 34.9 Å². The first-order valence-corrected chi connectivity index (χ1v) is 3.77. The molecule has 66 valence electrons. The Morgan fingerprint density at radius 2 is 1.92 bits per heavy atom. The van der Waals surface area contributed by atoms with Crippen LogP contribution in [0, 0.1) is 13.8 Å². The summed E-state index contributed by atoms with van der Waals surface area (Å²) in [5.41, 5.74) is 2.66. The molecule has 1 rings (SSSR count). The SMILES string of the molecule is Cc1cccc(C(=O)Cl)c1C.Cl. The van der Waals surface area contributed by atoms with Crippen LogP contribution in [0.5, 0.6) is 0 Å². The van der Waals surface area contributed by atoms with Crippen molar-refractivity contribution in [2.45, 2.75) is 13.8 Å². The molecule has 0 radical (unpaired) electrons. The van der Waals surface area contributed by atoms with Crippen molar-refractivity contribution in [2.24, 2.45) is 0 Å². The Hall–Kier alpha value is -0.530. The Morgan fingerprint density at radius 1 is 1.33 bits per heavy atom. The van der Waals surface area contributed by atoms with E-state index in [0.29, 0.717) is 5.56 Å². The highest BCUT2D eigenvalue weighted by atomic mass is 35.5. The average molecular weight is 205 g/mol. The molecule has 0 aliphatic rings. The van der Waals surface area contributed by atoms with Gasteiger partial charge >= 0.3 is 0 Å². The van der Waals surface area contributed by atoms with Gasteiger partial charge in [0, 0.05) is 5.56 Å². The predicted molar refractivity (Wildman–Crippen MR) is 53.3 cm³/mol. The summed E-state index contributed by atoms with van der Waals surface area (Å²) in [7, 11) is 0. The standard InChI is InChI=1S/C9H9ClO.ClH/c1-6-4-3-5-8(7(6)2)9(10)11;/h3-5H,1-2H3;1H. The minimum Gasteiger partial charge on any atom is -0.276 e. The number of hydrogen-bond donors (Lipinski definition) is 0. The van der Waals surface area contributed by atoms with E-state index in [4.69, 9.17) is 11.6 Å². The molecule has 0 aromatic heterocycles. The molecule has 1 nitrogen and oxygen atoms in total. The third kappa shape index (κ3) is 2.23. The summed E-state index contributed by atoms with van der Waals surface area (Å²) in [4.78, 5) is 10.8. The van der Waals surface area contributed by atoms with Crippen molar-refractivity contribution in [1.29, 1.82) is 0 Å². The van der Waals surface area contributed by atoms with Gasteiger partial charge < -0.3 is 0 Å². The lowest BCUT2D eigenvalue weighted by molar-refractivity contribution is 0.108. The number of hydrogen-bond acceptors (Lipinski definition) is 1. The number of rotatable bonds is 1. The molecular weight excluding hydrogens is 195 g/mol. The average Bonchev–Trinajstić information content (AvgIpc) is 1.94. The van der Waals surface area contributed by atoms with Gasteiger partial charge in [-0.1, -0.05) is 12.1 Å². The van der Waals surface area contributed by atoms with E-state index in [2.05, 4.69) is 0 Å². The van der Waals surface area contributed by atoms with Crippen LogP contribution in [0.25, 0.3) is 0 Å². The van der Waals surface area contributed by atoms with E-state index < -0.39 is 0 Å². The Balaban J connectivity index is 0.00000121. The summed E-state index contributed by atoms with van der Waals surface area (Å²) in [5, 5.41) is -0.383. The normalized spacial score (nSPS) is 8.92. The van der Waals surface area contributed by atoms with Gasteiger partial charge in [-0.3, -0.25) is 4.79 Å². The van der Waals surface area contributed by atoms with E-state index in [0.717, 1.165) is 11.1 Å². The van der Waals surface area contributed by atoms with Gasteiger partial charge in [-0.15, -0.1) is 12.4 Å². The molecule has 0 saturated carbocycles. The summed E-state index contributed by atoms with van der Waals surface area (Å²) >= 11 is 5.34. The second-order valence-corrected chi connectivity index (χ2v) is 2.86. The highest BCUT2D eigenvalue weighted by molar-refractivity contribution is 6.67. The monoisotopic (exact) mass is 204 g/mol. The van der Waals surface area contributed by atoms with E-state index in [9.17, 15) is 4.79 Å². The maximum atomic E-state index is 10.8. The summed E-state index contributed by atoms with van der Waals surface area (Å²) in [6.45, 7) is 3.85. The smallest absolute Gasteiger partial charge is 0.252 e. The van der Waals surface area contributed by atoms with Crippen LogP contribution in [0.4, 0.5) is 0 Å².